The summed E-state index contributed by atoms with van der Waals surface area (Å²) < 4.78 is 0. The maximum atomic E-state index is 9.31. The van der Waals surface area contributed by atoms with Crippen LogP contribution in [-0.2, 0) is 0 Å². The number of rotatable bonds is 20. The Morgan fingerprint density at radius 2 is 1.04 bits per heavy atom. The second-order valence-electron chi connectivity index (χ2n) is 8.27. The smallest absolute Gasteiger partial charge is 0.0881 e. The van der Waals surface area contributed by atoms with Gasteiger partial charge in [-0.2, -0.15) is 0 Å². The summed E-state index contributed by atoms with van der Waals surface area (Å²) in [6.45, 7) is 4.44. The van der Waals surface area contributed by atoms with Gasteiger partial charge in [-0.3, -0.25) is 0 Å². The SMILES string of the molecule is CCCCCCCCCCCCCCCC(C)CNC(CO)(CO)CO. The molecule has 0 amide bonds. The molecule has 0 rings (SSSR count). The third kappa shape index (κ3) is 14.0. The van der Waals surface area contributed by atoms with Gasteiger partial charge in [0.15, 0.2) is 0 Å². The molecule has 1 atom stereocenters. The summed E-state index contributed by atoms with van der Waals surface area (Å²) in [5, 5.41) is 31.0. The van der Waals surface area contributed by atoms with Gasteiger partial charge in [0.05, 0.1) is 25.4 Å². The van der Waals surface area contributed by atoms with E-state index in [9.17, 15) is 15.3 Å². The van der Waals surface area contributed by atoms with E-state index >= 15 is 0 Å². The Balaban J connectivity index is 3.39. The topological polar surface area (TPSA) is 72.7 Å². The summed E-state index contributed by atoms with van der Waals surface area (Å²) in [5.74, 6) is 0.492. The largest absolute Gasteiger partial charge is 0.394 e. The van der Waals surface area contributed by atoms with Crippen molar-refractivity contribution in [3.63, 3.8) is 0 Å². The molecular weight excluding hydrogens is 326 g/mol. The van der Waals surface area contributed by atoms with Gasteiger partial charge in [-0.05, 0) is 18.9 Å². The Morgan fingerprint density at radius 1 is 0.654 bits per heavy atom. The molecule has 0 fully saturated rings. The van der Waals surface area contributed by atoms with Crippen molar-refractivity contribution >= 4 is 0 Å². The average molecular weight is 374 g/mol. The summed E-state index contributed by atoms with van der Waals surface area (Å²) in [6.07, 6.45) is 19.0. The highest BCUT2D eigenvalue weighted by molar-refractivity contribution is 4.86. The molecular formula is C22H47NO3. The van der Waals surface area contributed by atoms with Gasteiger partial charge >= 0.3 is 0 Å². The van der Waals surface area contributed by atoms with Gasteiger partial charge in [-0.1, -0.05) is 97.3 Å². The number of hydrogen-bond donors (Lipinski definition) is 4. The lowest BCUT2D eigenvalue weighted by Crippen LogP contribution is -2.55. The summed E-state index contributed by atoms with van der Waals surface area (Å²) in [5.41, 5.74) is -0.940. The molecule has 0 radical (unpaired) electrons. The van der Waals surface area contributed by atoms with E-state index in [0.717, 1.165) is 13.0 Å². The Labute approximate surface area is 162 Å². The predicted octanol–water partition coefficient (Wildman–Crippen LogP) is 4.41. The summed E-state index contributed by atoms with van der Waals surface area (Å²) in [4.78, 5) is 0. The minimum absolute atomic E-state index is 0.245. The van der Waals surface area contributed by atoms with Gasteiger partial charge < -0.3 is 20.6 Å². The van der Waals surface area contributed by atoms with E-state index in [0.29, 0.717) is 5.92 Å². The lowest BCUT2D eigenvalue weighted by Gasteiger charge is -2.30. The highest BCUT2D eigenvalue weighted by Gasteiger charge is 2.27. The third-order valence-corrected chi connectivity index (χ3v) is 5.53. The van der Waals surface area contributed by atoms with Crippen molar-refractivity contribution < 1.29 is 15.3 Å². The summed E-state index contributed by atoms with van der Waals surface area (Å²) in [7, 11) is 0. The highest BCUT2D eigenvalue weighted by Crippen LogP contribution is 2.15. The number of aliphatic hydroxyl groups is 3. The van der Waals surface area contributed by atoms with Crippen LogP contribution in [0.1, 0.15) is 104 Å². The highest BCUT2D eigenvalue weighted by atomic mass is 16.3. The van der Waals surface area contributed by atoms with E-state index in [4.69, 9.17) is 0 Å². The Bertz CT molecular complexity index is 274. The maximum Gasteiger partial charge on any atom is 0.0881 e. The van der Waals surface area contributed by atoms with Crippen LogP contribution in [0.3, 0.4) is 0 Å². The van der Waals surface area contributed by atoms with Crippen molar-refractivity contribution in [1.82, 2.24) is 5.32 Å². The van der Waals surface area contributed by atoms with E-state index in [1.54, 1.807) is 0 Å². The molecule has 0 aromatic carbocycles. The minimum Gasteiger partial charge on any atom is -0.394 e. The zero-order valence-electron chi connectivity index (χ0n) is 17.6. The van der Waals surface area contributed by atoms with Crippen LogP contribution in [0.2, 0.25) is 0 Å². The van der Waals surface area contributed by atoms with Crippen molar-refractivity contribution in [1.29, 1.82) is 0 Å². The molecule has 0 heterocycles. The first-order valence-corrected chi connectivity index (χ1v) is 11.2. The van der Waals surface area contributed by atoms with Crippen LogP contribution < -0.4 is 5.32 Å². The molecule has 26 heavy (non-hydrogen) atoms. The quantitative estimate of drug-likeness (QED) is 0.239. The molecule has 1 unspecified atom stereocenters. The van der Waals surface area contributed by atoms with Gasteiger partial charge in [-0.15, -0.1) is 0 Å². The van der Waals surface area contributed by atoms with Gasteiger partial charge in [0.1, 0.15) is 0 Å². The lowest BCUT2D eigenvalue weighted by molar-refractivity contribution is 0.0400. The molecule has 4 heteroatoms. The molecule has 0 bridgehead atoms. The van der Waals surface area contributed by atoms with Gasteiger partial charge in [-0.25, -0.2) is 0 Å². The normalized spacial score (nSPS) is 13.3. The van der Waals surface area contributed by atoms with E-state index in [1.807, 2.05) is 0 Å². The third-order valence-electron chi connectivity index (χ3n) is 5.53. The fourth-order valence-electron chi connectivity index (χ4n) is 3.32. The zero-order chi connectivity index (χ0) is 19.5. The molecule has 0 aliphatic heterocycles. The molecule has 158 valence electrons. The van der Waals surface area contributed by atoms with Crippen LogP contribution in [0.15, 0.2) is 0 Å². The fourth-order valence-corrected chi connectivity index (χ4v) is 3.32. The first-order chi connectivity index (χ1) is 12.6. The van der Waals surface area contributed by atoms with Crippen molar-refractivity contribution in [2.24, 2.45) is 5.92 Å². The number of aliphatic hydroxyl groups excluding tert-OH is 3. The second kappa shape index (κ2) is 18.2. The minimum atomic E-state index is -0.940. The molecule has 0 aromatic heterocycles. The molecule has 4 nitrogen and oxygen atoms in total. The molecule has 0 aromatic rings. The monoisotopic (exact) mass is 373 g/mol. The Hall–Kier alpha value is -0.160. The van der Waals surface area contributed by atoms with Crippen molar-refractivity contribution in [2.75, 3.05) is 26.4 Å². The second-order valence-corrected chi connectivity index (χ2v) is 8.27. The Kier molecular flexibility index (Phi) is 18.1. The molecule has 0 spiro atoms. The Morgan fingerprint density at radius 3 is 1.42 bits per heavy atom. The van der Waals surface area contributed by atoms with Crippen molar-refractivity contribution in [3.8, 4) is 0 Å². The van der Waals surface area contributed by atoms with Crippen LogP contribution in [0.5, 0.6) is 0 Å². The molecule has 0 saturated carbocycles. The van der Waals surface area contributed by atoms with Crippen molar-refractivity contribution in [3.05, 3.63) is 0 Å². The van der Waals surface area contributed by atoms with Crippen LogP contribution in [0.25, 0.3) is 0 Å². The number of nitrogens with one attached hydrogen (secondary N) is 1. The average Bonchev–Trinajstić information content (AvgIpc) is 2.67. The van der Waals surface area contributed by atoms with Crippen LogP contribution in [0.4, 0.5) is 0 Å². The zero-order valence-corrected chi connectivity index (χ0v) is 17.6. The first-order valence-electron chi connectivity index (χ1n) is 11.2. The van der Waals surface area contributed by atoms with Crippen LogP contribution >= 0.6 is 0 Å². The van der Waals surface area contributed by atoms with Crippen LogP contribution in [0, 0.1) is 5.92 Å². The molecule has 0 saturated heterocycles. The predicted molar refractivity (Wildman–Crippen MR) is 111 cm³/mol. The lowest BCUT2D eigenvalue weighted by atomic mass is 9.98. The van der Waals surface area contributed by atoms with E-state index in [-0.39, 0.29) is 19.8 Å². The fraction of sp³-hybridized carbons (Fsp3) is 1.00. The van der Waals surface area contributed by atoms with Crippen LogP contribution in [-0.4, -0.2) is 47.2 Å². The summed E-state index contributed by atoms with van der Waals surface area (Å²) >= 11 is 0. The van der Waals surface area contributed by atoms with E-state index < -0.39 is 5.54 Å². The molecule has 0 aliphatic carbocycles. The van der Waals surface area contributed by atoms with Gasteiger partial charge in [0.2, 0.25) is 0 Å². The van der Waals surface area contributed by atoms with E-state index in [1.165, 1.54) is 83.5 Å². The van der Waals surface area contributed by atoms with Gasteiger partial charge in [0.25, 0.3) is 0 Å². The number of hydrogen-bond acceptors (Lipinski definition) is 4. The molecule has 0 aliphatic rings. The van der Waals surface area contributed by atoms with Gasteiger partial charge in [0, 0.05) is 0 Å². The first kappa shape index (κ1) is 25.8. The summed E-state index contributed by atoms with van der Waals surface area (Å²) in [6, 6.07) is 0. The van der Waals surface area contributed by atoms with Crippen molar-refractivity contribution in [2.45, 2.75) is 109 Å². The number of unbranched alkanes of at least 4 members (excludes halogenated alkanes) is 12. The molecule has 4 N–H and O–H groups in total. The maximum absolute atomic E-state index is 9.31. The van der Waals surface area contributed by atoms with E-state index in [2.05, 4.69) is 19.2 Å². The standard InChI is InChI=1S/C22H47NO3/c1-3-4-5-6-7-8-9-10-11-12-13-14-15-16-21(2)17-23-22(18-24,19-25)20-26/h21,23-26H,3-20H2,1-2H3.